The molecule has 1 fully saturated rings. The Bertz CT molecular complexity index is 1110. The van der Waals surface area contributed by atoms with Crippen molar-refractivity contribution in [1.82, 2.24) is 0 Å². The second-order valence-corrected chi connectivity index (χ2v) is 8.12. The second-order valence-electron chi connectivity index (χ2n) is 8.12. The van der Waals surface area contributed by atoms with E-state index < -0.39 is 0 Å². The molecule has 7 heteroatoms. The molecule has 0 aliphatic carbocycles. The van der Waals surface area contributed by atoms with Crippen LogP contribution in [-0.2, 0) is 9.53 Å². The smallest absolute Gasteiger partial charge is 0.258 e. The van der Waals surface area contributed by atoms with Gasteiger partial charge in [-0.1, -0.05) is 36.4 Å². The highest BCUT2D eigenvalue weighted by molar-refractivity contribution is 6.06. The van der Waals surface area contributed by atoms with E-state index in [1.807, 2.05) is 54.6 Å². The molecule has 176 valence electrons. The highest BCUT2D eigenvalue weighted by Crippen LogP contribution is 2.25. The number of rotatable bonds is 9. The molecular weight excluding hydrogens is 430 g/mol. The molecule has 0 saturated carbocycles. The third-order valence-electron chi connectivity index (χ3n) is 5.62. The first-order valence-electron chi connectivity index (χ1n) is 11.4. The van der Waals surface area contributed by atoms with E-state index in [1.165, 1.54) is 0 Å². The predicted molar refractivity (Wildman–Crippen MR) is 134 cm³/mol. The van der Waals surface area contributed by atoms with Crippen molar-refractivity contribution in [2.24, 2.45) is 0 Å². The molecule has 3 aromatic rings. The Morgan fingerprint density at radius 2 is 1.82 bits per heavy atom. The average molecular weight is 460 g/mol. The predicted octanol–water partition coefficient (Wildman–Crippen LogP) is 4.57. The van der Waals surface area contributed by atoms with Crippen LogP contribution in [0.3, 0.4) is 0 Å². The van der Waals surface area contributed by atoms with E-state index in [1.54, 1.807) is 36.2 Å². The number of carbonyl (C=O) groups excluding carboxylic acids is 2. The highest BCUT2D eigenvalue weighted by atomic mass is 16.5. The largest absolute Gasteiger partial charge is 0.489 e. The second kappa shape index (κ2) is 11.3. The number of hydrogen-bond donors (Lipinski definition) is 2. The third-order valence-corrected chi connectivity index (χ3v) is 5.62. The van der Waals surface area contributed by atoms with Crippen LogP contribution in [0.2, 0.25) is 0 Å². The molecular formula is C27H29N3O4. The zero-order valence-corrected chi connectivity index (χ0v) is 19.2. The van der Waals surface area contributed by atoms with Gasteiger partial charge in [0.1, 0.15) is 12.4 Å². The van der Waals surface area contributed by atoms with Gasteiger partial charge in [-0.05, 0) is 55.3 Å². The summed E-state index contributed by atoms with van der Waals surface area (Å²) < 4.78 is 11.5. The molecule has 3 aromatic carbocycles. The number of amides is 2. The zero-order valence-electron chi connectivity index (χ0n) is 19.2. The molecule has 1 unspecified atom stereocenters. The van der Waals surface area contributed by atoms with E-state index in [2.05, 4.69) is 10.6 Å². The summed E-state index contributed by atoms with van der Waals surface area (Å²) in [4.78, 5) is 27.0. The van der Waals surface area contributed by atoms with Gasteiger partial charge in [0.25, 0.3) is 5.91 Å². The summed E-state index contributed by atoms with van der Waals surface area (Å²) in [6, 6.07) is 23.9. The summed E-state index contributed by atoms with van der Waals surface area (Å²) in [5.41, 5.74) is 2.64. The number of nitrogens with zero attached hydrogens (tertiary/aromatic N) is 1. The van der Waals surface area contributed by atoms with Crippen molar-refractivity contribution in [3.8, 4) is 5.75 Å². The number of nitrogens with one attached hydrogen (secondary N) is 2. The number of benzene rings is 3. The van der Waals surface area contributed by atoms with Crippen LogP contribution >= 0.6 is 0 Å². The van der Waals surface area contributed by atoms with Crippen molar-refractivity contribution < 1.29 is 19.1 Å². The maximum Gasteiger partial charge on any atom is 0.258 e. The Kier molecular flexibility index (Phi) is 7.78. The lowest BCUT2D eigenvalue weighted by molar-refractivity contribution is -0.114. The summed E-state index contributed by atoms with van der Waals surface area (Å²) in [7, 11) is 1.74. The molecule has 1 saturated heterocycles. The lowest BCUT2D eigenvalue weighted by Crippen LogP contribution is -2.26. The third kappa shape index (κ3) is 6.14. The molecule has 7 nitrogen and oxygen atoms in total. The molecule has 4 rings (SSSR count). The van der Waals surface area contributed by atoms with Crippen LogP contribution in [0.5, 0.6) is 5.75 Å². The van der Waals surface area contributed by atoms with Gasteiger partial charge in [0.2, 0.25) is 5.91 Å². The van der Waals surface area contributed by atoms with E-state index in [0.29, 0.717) is 29.3 Å². The average Bonchev–Trinajstić information content (AvgIpc) is 3.40. The minimum absolute atomic E-state index is 0.0479. The summed E-state index contributed by atoms with van der Waals surface area (Å²) in [5.74, 6) is 0.269. The normalized spacial score (nSPS) is 14.9. The van der Waals surface area contributed by atoms with Gasteiger partial charge >= 0.3 is 0 Å². The van der Waals surface area contributed by atoms with Crippen molar-refractivity contribution in [3.63, 3.8) is 0 Å². The lowest BCUT2D eigenvalue weighted by atomic mass is 10.1. The quantitative estimate of drug-likeness (QED) is 0.490. The van der Waals surface area contributed by atoms with Crippen molar-refractivity contribution in [3.05, 3.63) is 84.4 Å². The Labute approximate surface area is 199 Å². The fourth-order valence-electron chi connectivity index (χ4n) is 3.76. The molecule has 0 bridgehead atoms. The van der Waals surface area contributed by atoms with Gasteiger partial charge < -0.3 is 25.0 Å². The Morgan fingerprint density at radius 3 is 2.62 bits per heavy atom. The maximum absolute atomic E-state index is 12.9. The Balaban J connectivity index is 1.33. The van der Waals surface area contributed by atoms with Crippen LogP contribution in [-0.4, -0.2) is 44.7 Å². The molecule has 34 heavy (non-hydrogen) atoms. The van der Waals surface area contributed by atoms with Crippen molar-refractivity contribution in [2.75, 3.05) is 42.3 Å². The van der Waals surface area contributed by atoms with Crippen LogP contribution in [0, 0.1) is 0 Å². The van der Waals surface area contributed by atoms with Gasteiger partial charge in [-0.3, -0.25) is 9.59 Å². The fourth-order valence-corrected chi connectivity index (χ4v) is 3.76. The molecule has 1 atom stereocenters. The monoisotopic (exact) mass is 459 g/mol. The maximum atomic E-state index is 12.9. The first-order chi connectivity index (χ1) is 16.6. The van der Waals surface area contributed by atoms with E-state index >= 15 is 0 Å². The Morgan fingerprint density at radius 1 is 1.03 bits per heavy atom. The first-order valence-corrected chi connectivity index (χ1v) is 11.4. The number of carbonyl (C=O) groups is 2. The lowest BCUT2D eigenvalue weighted by Gasteiger charge is -2.18. The molecule has 1 heterocycles. The molecule has 2 amide bonds. The minimum Gasteiger partial charge on any atom is -0.489 e. The summed E-state index contributed by atoms with van der Waals surface area (Å²) in [6.07, 6.45) is 2.13. The summed E-state index contributed by atoms with van der Waals surface area (Å²) >= 11 is 0. The van der Waals surface area contributed by atoms with Crippen molar-refractivity contribution in [1.29, 1.82) is 0 Å². The molecule has 0 aromatic heterocycles. The Hall–Kier alpha value is -3.84. The van der Waals surface area contributed by atoms with E-state index in [4.69, 9.17) is 9.47 Å². The van der Waals surface area contributed by atoms with Crippen molar-refractivity contribution >= 4 is 28.9 Å². The highest BCUT2D eigenvalue weighted by Gasteiger charge is 2.17. The standard InChI is InChI=1S/C27H29N3O4/c1-30(22-11-3-2-4-12-22)27(32)20-9-7-10-21(17-20)28-18-26(31)29-24-14-5-6-15-25(24)34-19-23-13-8-16-33-23/h2-7,9-12,14-15,17,23,28H,8,13,16,18-19H2,1H3,(H,29,31). The van der Waals surface area contributed by atoms with Gasteiger partial charge in [0.15, 0.2) is 0 Å². The van der Waals surface area contributed by atoms with Crippen LogP contribution in [0.4, 0.5) is 17.1 Å². The van der Waals surface area contributed by atoms with Crippen LogP contribution in [0.1, 0.15) is 23.2 Å². The van der Waals surface area contributed by atoms with Crippen LogP contribution in [0.25, 0.3) is 0 Å². The van der Waals surface area contributed by atoms with Gasteiger partial charge in [-0.2, -0.15) is 0 Å². The van der Waals surface area contributed by atoms with Crippen molar-refractivity contribution in [2.45, 2.75) is 18.9 Å². The molecule has 1 aliphatic rings. The van der Waals surface area contributed by atoms with Gasteiger partial charge in [0.05, 0.1) is 18.3 Å². The fraction of sp³-hybridized carbons (Fsp3) is 0.259. The van der Waals surface area contributed by atoms with Gasteiger partial charge in [-0.15, -0.1) is 0 Å². The van der Waals surface area contributed by atoms with Gasteiger partial charge in [-0.25, -0.2) is 0 Å². The molecule has 0 radical (unpaired) electrons. The first kappa shape index (κ1) is 23.3. The number of anilines is 3. The van der Waals surface area contributed by atoms with Crippen LogP contribution < -0.4 is 20.3 Å². The topological polar surface area (TPSA) is 79.9 Å². The molecule has 0 spiro atoms. The number of ether oxygens (including phenoxy) is 2. The zero-order chi connectivity index (χ0) is 23.8. The van der Waals surface area contributed by atoms with Crippen LogP contribution in [0.15, 0.2) is 78.9 Å². The molecule has 1 aliphatic heterocycles. The van der Waals surface area contributed by atoms with E-state index in [-0.39, 0.29) is 24.5 Å². The van der Waals surface area contributed by atoms with E-state index in [9.17, 15) is 9.59 Å². The number of hydrogen-bond acceptors (Lipinski definition) is 5. The number of para-hydroxylation sites is 3. The SMILES string of the molecule is CN(C(=O)c1cccc(NCC(=O)Nc2ccccc2OCC2CCCO2)c1)c1ccccc1. The van der Waals surface area contributed by atoms with Gasteiger partial charge in [0, 0.05) is 30.6 Å². The summed E-state index contributed by atoms with van der Waals surface area (Å²) in [6.45, 7) is 1.28. The summed E-state index contributed by atoms with van der Waals surface area (Å²) in [5, 5.41) is 5.98. The minimum atomic E-state index is -0.216. The molecule has 2 N–H and O–H groups in total. The van der Waals surface area contributed by atoms with E-state index in [0.717, 1.165) is 25.1 Å².